The van der Waals surface area contributed by atoms with Crippen molar-refractivity contribution in [1.29, 1.82) is 0 Å². The van der Waals surface area contributed by atoms with Gasteiger partial charge in [0.05, 0.1) is 6.42 Å². The van der Waals surface area contributed by atoms with Crippen molar-refractivity contribution in [2.45, 2.75) is 154 Å². The molecule has 2 aliphatic rings. The zero-order chi connectivity index (χ0) is 27.4. The quantitative estimate of drug-likeness (QED) is 0.122. The molecule has 0 aliphatic carbocycles. The lowest BCUT2D eigenvalue weighted by Gasteiger charge is -2.43. The maximum absolute atomic E-state index is 13.0. The number of hydrogen-bond donors (Lipinski definition) is 0. The number of rotatable bonds is 20. The predicted octanol–water partition coefficient (Wildman–Crippen LogP) is 9.37. The van der Waals surface area contributed by atoms with Crippen molar-refractivity contribution in [2.24, 2.45) is 0 Å². The molecule has 2 aliphatic heterocycles. The summed E-state index contributed by atoms with van der Waals surface area (Å²) in [5, 5.41) is 0. The van der Waals surface area contributed by atoms with Crippen LogP contribution in [-0.2, 0) is 16.2 Å². The molecule has 0 aromatic heterocycles. The Kier molecular flexibility index (Phi) is 16.2. The molecule has 4 nitrogen and oxygen atoms in total. The molecule has 39 heavy (non-hydrogen) atoms. The highest BCUT2D eigenvalue weighted by molar-refractivity contribution is 5.68. The number of carbonyl (C=O) groups excluding carboxylic acids is 1. The number of hydrogen-bond acceptors (Lipinski definition) is 3. The molecule has 2 saturated heterocycles. The zero-order valence-electron chi connectivity index (χ0n) is 25.6. The van der Waals surface area contributed by atoms with Gasteiger partial charge in [-0.2, -0.15) is 0 Å². The maximum Gasteiger partial charge on any atom is 0.366 e. The van der Waals surface area contributed by atoms with Crippen LogP contribution in [0.25, 0.3) is 0 Å². The van der Waals surface area contributed by atoms with Crippen LogP contribution in [0.4, 0.5) is 0 Å². The van der Waals surface area contributed by atoms with Gasteiger partial charge in [0, 0.05) is 24.4 Å². The summed E-state index contributed by atoms with van der Waals surface area (Å²) in [5.74, 6) is 0.0112. The van der Waals surface area contributed by atoms with E-state index in [0.717, 1.165) is 45.3 Å². The van der Waals surface area contributed by atoms with Crippen LogP contribution in [0.15, 0.2) is 30.3 Å². The molecule has 2 fully saturated rings. The van der Waals surface area contributed by atoms with E-state index in [0.29, 0.717) is 17.1 Å². The van der Waals surface area contributed by atoms with Crippen LogP contribution in [0, 0.1) is 0 Å². The molecule has 1 aromatic rings. The second-order valence-electron chi connectivity index (χ2n) is 12.6. The number of hydroxylamine groups is 3. The summed E-state index contributed by atoms with van der Waals surface area (Å²) >= 11 is 0. The van der Waals surface area contributed by atoms with E-state index in [9.17, 15) is 4.79 Å². The molecule has 0 saturated carbocycles. The zero-order valence-corrected chi connectivity index (χ0v) is 25.6. The smallest absolute Gasteiger partial charge is 0.300 e. The van der Waals surface area contributed by atoms with Crippen molar-refractivity contribution in [3.63, 3.8) is 0 Å². The number of unbranched alkanes of at least 4 members (excludes halogenated alkanes) is 14. The molecule has 0 amide bonds. The average molecular weight is 542 g/mol. The Hall–Kier alpha value is -1.39. The van der Waals surface area contributed by atoms with E-state index < -0.39 is 0 Å². The van der Waals surface area contributed by atoms with Gasteiger partial charge in [-0.15, -0.1) is 4.65 Å². The van der Waals surface area contributed by atoms with Gasteiger partial charge in [0.15, 0.2) is 0 Å². The van der Waals surface area contributed by atoms with Gasteiger partial charge in [0.25, 0.3) is 0 Å². The highest BCUT2D eigenvalue weighted by Gasteiger charge is 2.40. The maximum atomic E-state index is 13.0. The molecule has 0 atom stereocenters. The van der Waals surface area contributed by atoms with E-state index in [-0.39, 0.29) is 5.97 Å². The van der Waals surface area contributed by atoms with Crippen LogP contribution in [-0.4, -0.2) is 47.7 Å². The third-order valence-electron chi connectivity index (χ3n) is 9.24. The Morgan fingerprint density at radius 2 is 1.26 bits per heavy atom. The Morgan fingerprint density at radius 3 is 1.79 bits per heavy atom. The molecule has 2 heterocycles. The molecule has 0 spiro atoms. The Bertz CT molecular complexity index is 738. The first-order valence-electron chi connectivity index (χ1n) is 17.1. The van der Waals surface area contributed by atoms with Gasteiger partial charge < -0.3 is 0 Å². The summed E-state index contributed by atoms with van der Waals surface area (Å²) in [4.78, 5) is 22.0. The molecule has 0 bridgehead atoms. The second kappa shape index (κ2) is 19.6. The number of benzene rings is 1. The van der Waals surface area contributed by atoms with Gasteiger partial charge in [0.2, 0.25) is 0 Å². The van der Waals surface area contributed by atoms with E-state index >= 15 is 0 Å². The van der Waals surface area contributed by atoms with E-state index in [2.05, 4.69) is 42.2 Å². The monoisotopic (exact) mass is 541 g/mol. The highest BCUT2D eigenvalue weighted by Crippen LogP contribution is 2.29. The predicted molar refractivity (Wildman–Crippen MR) is 164 cm³/mol. The van der Waals surface area contributed by atoms with Gasteiger partial charge in [0.1, 0.15) is 19.6 Å². The van der Waals surface area contributed by atoms with Gasteiger partial charge in [-0.05, 0) is 32.4 Å². The molecule has 0 radical (unpaired) electrons. The van der Waals surface area contributed by atoms with Crippen molar-refractivity contribution in [3.05, 3.63) is 35.9 Å². The molecule has 1 aromatic carbocycles. The van der Waals surface area contributed by atoms with E-state index in [1.54, 1.807) is 0 Å². The fourth-order valence-corrected chi connectivity index (χ4v) is 6.77. The lowest BCUT2D eigenvalue weighted by molar-refractivity contribution is -1.10. The van der Waals surface area contributed by atoms with Crippen LogP contribution in [0.3, 0.4) is 0 Å². The SMILES string of the molecule is CCCCCCCCCCCCCCCCCC(=O)O[N+]1(Cc2ccccc2)CCC(N2CCCCC2)CC1. The number of piperidine rings is 2. The third kappa shape index (κ3) is 13.2. The standard InChI is InChI=1S/C35H61N2O2/c1-2-3-4-5-6-7-8-9-10-11-12-13-14-15-20-25-35(38)39-37(32-33-23-18-16-19-24-33)30-26-34(27-31-37)36-28-21-17-22-29-36/h16,18-19,23-24,34H,2-15,17,20-22,25-32H2,1H3/q+1. The molecular weight excluding hydrogens is 480 g/mol. The van der Waals surface area contributed by atoms with E-state index in [1.165, 1.54) is 121 Å². The molecule has 0 unspecified atom stereocenters. The lowest BCUT2D eigenvalue weighted by Crippen LogP contribution is -2.57. The molecular formula is C35H61N2O2+. The van der Waals surface area contributed by atoms with Gasteiger partial charge >= 0.3 is 5.97 Å². The number of carbonyl (C=O) groups is 1. The normalized spacial score (nSPS) is 22.1. The van der Waals surface area contributed by atoms with Crippen LogP contribution < -0.4 is 0 Å². The van der Waals surface area contributed by atoms with Crippen LogP contribution in [0.5, 0.6) is 0 Å². The van der Waals surface area contributed by atoms with Crippen molar-refractivity contribution in [3.8, 4) is 0 Å². The van der Waals surface area contributed by atoms with Crippen molar-refractivity contribution in [1.82, 2.24) is 4.90 Å². The van der Waals surface area contributed by atoms with Crippen LogP contribution in [0.1, 0.15) is 147 Å². The van der Waals surface area contributed by atoms with Crippen LogP contribution >= 0.6 is 0 Å². The Labute approximate surface area is 241 Å². The summed E-state index contributed by atoms with van der Waals surface area (Å²) in [6, 6.07) is 11.3. The Morgan fingerprint density at radius 1 is 0.744 bits per heavy atom. The number of quaternary nitrogens is 1. The van der Waals surface area contributed by atoms with Crippen molar-refractivity contribution < 1.29 is 14.3 Å². The number of likely N-dealkylation sites (tertiary alicyclic amines) is 2. The van der Waals surface area contributed by atoms with Gasteiger partial charge in [-0.1, -0.05) is 134 Å². The molecule has 0 N–H and O–H groups in total. The number of nitrogens with zero attached hydrogens (tertiary/aromatic N) is 2. The van der Waals surface area contributed by atoms with E-state index in [4.69, 9.17) is 4.84 Å². The second-order valence-corrected chi connectivity index (χ2v) is 12.6. The largest absolute Gasteiger partial charge is 0.366 e. The summed E-state index contributed by atoms with van der Waals surface area (Å²) in [6.45, 7) is 7.49. The first-order valence-corrected chi connectivity index (χ1v) is 17.1. The molecule has 3 rings (SSSR count). The minimum atomic E-state index is 0.0112. The first kappa shape index (κ1) is 32.1. The lowest BCUT2D eigenvalue weighted by atomic mass is 9.99. The first-order chi connectivity index (χ1) is 19.2. The van der Waals surface area contributed by atoms with Crippen molar-refractivity contribution in [2.75, 3.05) is 26.2 Å². The van der Waals surface area contributed by atoms with Crippen molar-refractivity contribution >= 4 is 5.97 Å². The highest BCUT2D eigenvalue weighted by atomic mass is 16.7. The van der Waals surface area contributed by atoms with Gasteiger partial charge in [-0.3, -0.25) is 9.74 Å². The third-order valence-corrected chi connectivity index (χ3v) is 9.24. The summed E-state index contributed by atoms with van der Waals surface area (Å²) in [5.41, 5.74) is 1.27. The summed E-state index contributed by atoms with van der Waals surface area (Å²) in [6.07, 6.45) is 27.1. The minimum Gasteiger partial charge on any atom is -0.300 e. The summed E-state index contributed by atoms with van der Waals surface area (Å²) in [7, 11) is 0. The fraction of sp³-hybridized carbons (Fsp3) is 0.800. The van der Waals surface area contributed by atoms with Crippen LogP contribution in [0.2, 0.25) is 0 Å². The van der Waals surface area contributed by atoms with Gasteiger partial charge in [-0.25, -0.2) is 4.79 Å². The van der Waals surface area contributed by atoms with E-state index in [1.807, 2.05) is 0 Å². The summed E-state index contributed by atoms with van der Waals surface area (Å²) < 4.78 is 0.492. The topological polar surface area (TPSA) is 29.5 Å². The molecule has 4 heteroatoms. The Balaban J connectivity index is 1.27. The fourth-order valence-electron chi connectivity index (χ4n) is 6.77. The molecule has 222 valence electrons. The minimum absolute atomic E-state index is 0.0112. The average Bonchev–Trinajstić information content (AvgIpc) is 2.96.